The maximum Gasteiger partial charge on any atom is 0.335 e. The third-order valence-electron chi connectivity index (χ3n) is 2.20. The summed E-state index contributed by atoms with van der Waals surface area (Å²) in [6, 6.07) is -1.03. The molecule has 98 valence electrons. The Morgan fingerprint density at radius 2 is 2.06 bits per heavy atom. The maximum atomic E-state index is 12.9. The standard InChI is InChI=1S/C9H11FN4O4/c10-4-3-14(9(18)13-8(4)17)6(15)2-1-5(11)7(12)16/h3,5H,1-2,11H2,(H2,12,16)(H,13,17,18). The summed E-state index contributed by atoms with van der Waals surface area (Å²) >= 11 is 0. The van der Waals surface area contributed by atoms with Gasteiger partial charge in [-0.2, -0.15) is 4.39 Å². The Hall–Kier alpha value is -2.29. The molecule has 1 rings (SSSR count). The van der Waals surface area contributed by atoms with Gasteiger partial charge in [-0.3, -0.25) is 19.4 Å². The number of aromatic amines is 1. The second kappa shape index (κ2) is 5.36. The molecule has 0 saturated carbocycles. The number of hydrogen-bond donors (Lipinski definition) is 3. The summed E-state index contributed by atoms with van der Waals surface area (Å²) in [5.41, 5.74) is 7.91. The summed E-state index contributed by atoms with van der Waals surface area (Å²) in [7, 11) is 0. The van der Waals surface area contributed by atoms with Crippen LogP contribution < -0.4 is 22.7 Å². The highest BCUT2D eigenvalue weighted by Crippen LogP contribution is 1.97. The van der Waals surface area contributed by atoms with E-state index in [2.05, 4.69) is 0 Å². The van der Waals surface area contributed by atoms with E-state index in [4.69, 9.17) is 11.5 Å². The number of rotatable bonds is 4. The van der Waals surface area contributed by atoms with Crippen LogP contribution in [0.1, 0.15) is 17.6 Å². The molecular formula is C9H11FN4O4. The number of H-pyrrole nitrogens is 1. The molecule has 0 aliphatic rings. The first-order valence-corrected chi connectivity index (χ1v) is 4.92. The molecule has 9 heteroatoms. The van der Waals surface area contributed by atoms with Gasteiger partial charge in [0, 0.05) is 6.42 Å². The fourth-order valence-electron chi connectivity index (χ4n) is 1.17. The molecule has 0 aliphatic heterocycles. The van der Waals surface area contributed by atoms with Crippen molar-refractivity contribution in [3.05, 3.63) is 32.9 Å². The zero-order valence-electron chi connectivity index (χ0n) is 9.18. The number of halogens is 1. The predicted molar refractivity (Wildman–Crippen MR) is 58.3 cm³/mol. The van der Waals surface area contributed by atoms with Gasteiger partial charge >= 0.3 is 5.69 Å². The molecule has 1 aromatic rings. The van der Waals surface area contributed by atoms with Crippen molar-refractivity contribution in [3.8, 4) is 0 Å². The normalized spacial score (nSPS) is 12.1. The lowest BCUT2D eigenvalue weighted by Crippen LogP contribution is -2.38. The molecule has 0 aromatic carbocycles. The van der Waals surface area contributed by atoms with Gasteiger partial charge in [-0.25, -0.2) is 9.36 Å². The number of nitrogens with zero attached hydrogens (tertiary/aromatic N) is 1. The third kappa shape index (κ3) is 3.10. The van der Waals surface area contributed by atoms with Crippen molar-refractivity contribution in [2.24, 2.45) is 11.5 Å². The van der Waals surface area contributed by atoms with Gasteiger partial charge in [-0.05, 0) is 6.42 Å². The monoisotopic (exact) mass is 258 g/mol. The minimum Gasteiger partial charge on any atom is -0.368 e. The molecule has 1 amide bonds. The predicted octanol–water partition coefficient (Wildman–Crippen LogP) is -2.09. The van der Waals surface area contributed by atoms with E-state index in [0.29, 0.717) is 10.8 Å². The molecule has 8 nitrogen and oxygen atoms in total. The first kappa shape index (κ1) is 13.8. The van der Waals surface area contributed by atoms with Crippen LogP contribution in [0, 0.1) is 5.82 Å². The fraction of sp³-hybridized carbons (Fsp3) is 0.333. The Morgan fingerprint density at radius 3 is 2.61 bits per heavy atom. The zero-order chi connectivity index (χ0) is 13.9. The van der Waals surface area contributed by atoms with Crippen LogP contribution in [0.25, 0.3) is 0 Å². The molecule has 18 heavy (non-hydrogen) atoms. The molecule has 0 bridgehead atoms. The molecule has 0 radical (unpaired) electrons. The minimum atomic E-state index is -1.26. The van der Waals surface area contributed by atoms with Gasteiger partial charge < -0.3 is 11.5 Å². The molecule has 1 heterocycles. The zero-order valence-corrected chi connectivity index (χ0v) is 9.18. The number of carbonyl (C=O) groups is 2. The van der Waals surface area contributed by atoms with Crippen molar-refractivity contribution in [2.45, 2.75) is 18.9 Å². The van der Waals surface area contributed by atoms with Crippen molar-refractivity contribution in [3.63, 3.8) is 0 Å². The van der Waals surface area contributed by atoms with Gasteiger partial charge in [0.2, 0.25) is 17.6 Å². The van der Waals surface area contributed by atoms with Crippen LogP contribution in [0.15, 0.2) is 15.8 Å². The van der Waals surface area contributed by atoms with Crippen LogP contribution in [-0.2, 0) is 4.79 Å². The minimum absolute atomic E-state index is 0.0820. The average molecular weight is 258 g/mol. The number of hydrogen-bond acceptors (Lipinski definition) is 5. The highest BCUT2D eigenvalue weighted by Gasteiger charge is 2.15. The van der Waals surface area contributed by atoms with Gasteiger partial charge in [0.15, 0.2) is 0 Å². The number of carbonyl (C=O) groups excluding carboxylic acids is 2. The van der Waals surface area contributed by atoms with E-state index in [1.54, 1.807) is 4.98 Å². The first-order chi connectivity index (χ1) is 8.32. The third-order valence-corrected chi connectivity index (χ3v) is 2.20. The quantitative estimate of drug-likeness (QED) is 0.567. The van der Waals surface area contributed by atoms with Crippen molar-refractivity contribution in [1.29, 1.82) is 0 Å². The molecule has 0 fully saturated rings. The lowest BCUT2D eigenvalue weighted by Gasteiger charge is -2.07. The highest BCUT2D eigenvalue weighted by molar-refractivity contribution is 5.82. The van der Waals surface area contributed by atoms with Crippen LogP contribution in [0.5, 0.6) is 0 Å². The van der Waals surface area contributed by atoms with E-state index < -0.39 is 34.9 Å². The molecular weight excluding hydrogens is 247 g/mol. The second-order valence-corrected chi connectivity index (χ2v) is 3.55. The maximum absolute atomic E-state index is 12.9. The van der Waals surface area contributed by atoms with Crippen molar-refractivity contribution >= 4 is 11.8 Å². The molecule has 0 spiro atoms. The number of nitrogens with one attached hydrogen (secondary N) is 1. The lowest BCUT2D eigenvalue weighted by molar-refractivity contribution is -0.119. The van der Waals surface area contributed by atoms with Gasteiger partial charge in [-0.15, -0.1) is 0 Å². The Kier molecular flexibility index (Phi) is 4.10. The van der Waals surface area contributed by atoms with Gasteiger partial charge in [-0.1, -0.05) is 0 Å². The van der Waals surface area contributed by atoms with Crippen LogP contribution in [0.4, 0.5) is 4.39 Å². The number of primary amides is 1. The molecule has 0 aliphatic carbocycles. The van der Waals surface area contributed by atoms with Crippen molar-refractivity contribution in [1.82, 2.24) is 9.55 Å². The Balaban J connectivity index is 2.86. The van der Waals surface area contributed by atoms with Gasteiger partial charge in [0.1, 0.15) is 0 Å². The van der Waals surface area contributed by atoms with E-state index in [9.17, 15) is 23.6 Å². The molecule has 1 atom stereocenters. The number of aromatic nitrogens is 2. The van der Waals surface area contributed by atoms with Crippen LogP contribution in [-0.4, -0.2) is 27.4 Å². The van der Waals surface area contributed by atoms with E-state index in [1.807, 2.05) is 0 Å². The van der Waals surface area contributed by atoms with E-state index in [0.717, 1.165) is 0 Å². The number of nitrogens with two attached hydrogens (primary N) is 2. The summed E-state index contributed by atoms with van der Waals surface area (Å²) < 4.78 is 13.3. The van der Waals surface area contributed by atoms with Gasteiger partial charge in [0.25, 0.3) is 5.56 Å². The lowest BCUT2D eigenvalue weighted by atomic mass is 10.1. The van der Waals surface area contributed by atoms with E-state index in [-0.39, 0.29) is 12.8 Å². The van der Waals surface area contributed by atoms with Crippen molar-refractivity contribution in [2.75, 3.05) is 0 Å². The Morgan fingerprint density at radius 1 is 1.44 bits per heavy atom. The Bertz CT molecular complexity index is 591. The van der Waals surface area contributed by atoms with Crippen LogP contribution in [0.3, 0.4) is 0 Å². The summed E-state index contributed by atoms with van der Waals surface area (Å²) in [6.45, 7) is 0. The largest absolute Gasteiger partial charge is 0.368 e. The molecule has 0 saturated heterocycles. The number of amides is 1. The SMILES string of the molecule is NC(=O)C(N)CCC(=O)n1cc(F)c(=O)[nH]c1=O. The smallest absolute Gasteiger partial charge is 0.335 e. The Labute approximate surface area is 99.4 Å². The van der Waals surface area contributed by atoms with E-state index >= 15 is 0 Å². The van der Waals surface area contributed by atoms with Crippen LogP contribution >= 0.6 is 0 Å². The highest BCUT2D eigenvalue weighted by atomic mass is 19.1. The summed E-state index contributed by atoms with van der Waals surface area (Å²) in [5.74, 6) is -2.85. The first-order valence-electron chi connectivity index (χ1n) is 4.92. The average Bonchev–Trinajstić information content (AvgIpc) is 2.30. The fourth-order valence-corrected chi connectivity index (χ4v) is 1.17. The molecule has 1 aromatic heterocycles. The second-order valence-electron chi connectivity index (χ2n) is 3.55. The van der Waals surface area contributed by atoms with E-state index in [1.165, 1.54) is 0 Å². The van der Waals surface area contributed by atoms with Crippen molar-refractivity contribution < 1.29 is 14.0 Å². The summed E-state index contributed by atoms with van der Waals surface area (Å²) in [5, 5.41) is 0. The summed E-state index contributed by atoms with van der Waals surface area (Å²) in [6.07, 6.45) is 0.121. The topological polar surface area (TPSA) is 141 Å². The molecule has 1 unspecified atom stereocenters. The molecule has 5 N–H and O–H groups in total. The van der Waals surface area contributed by atoms with Crippen LogP contribution in [0.2, 0.25) is 0 Å². The summed E-state index contributed by atoms with van der Waals surface area (Å²) in [4.78, 5) is 45.7. The van der Waals surface area contributed by atoms with Gasteiger partial charge in [0.05, 0.1) is 12.2 Å².